The molecule has 0 N–H and O–H groups in total. The van der Waals surface area contributed by atoms with Gasteiger partial charge >= 0.3 is 0 Å². The van der Waals surface area contributed by atoms with Gasteiger partial charge in [0.25, 0.3) is 0 Å². The molecule has 0 aliphatic carbocycles. The molecule has 96 valence electrons. The number of rotatable bonds is 6. The second kappa shape index (κ2) is 6.05. The number of carbonyl (C=O) groups excluding carboxylic acids is 3. The van der Waals surface area contributed by atoms with E-state index in [1.54, 1.807) is 0 Å². The molecule has 0 bridgehead atoms. The molecule has 0 atom stereocenters. The summed E-state index contributed by atoms with van der Waals surface area (Å²) in [5.41, 5.74) is 0.891. The molecule has 0 aromatic heterocycles. The molecule has 2 rings (SSSR count). The predicted molar refractivity (Wildman–Crippen MR) is 73.0 cm³/mol. The maximum Gasteiger partial charge on any atom is 0.147 e. The van der Waals surface area contributed by atoms with Gasteiger partial charge in [0.15, 0.2) is 0 Å². The molecule has 2 aromatic carbocycles. The summed E-state index contributed by atoms with van der Waals surface area (Å²) in [7, 11) is 0. The highest BCUT2D eigenvalue weighted by Gasteiger charge is 2.10. The zero-order valence-corrected chi connectivity index (χ0v) is 10.5. The second-order valence-corrected chi connectivity index (χ2v) is 4.48. The maximum absolute atomic E-state index is 11.7. The Bertz CT molecular complexity index is 629. The minimum atomic E-state index is -0.319. The summed E-state index contributed by atoms with van der Waals surface area (Å²) in [4.78, 5) is 33.1. The predicted octanol–water partition coefficient (Wildman–Crippen LogP) is 2.50. The highest BCUT2D eigenvalue weighted by atomic mass is 16.2. The minimum Gasteiger partial charge on any atom is -0.303 e. The molecule has 0 amide bonds. The summed E-state index contributed by atoms with van der Waals surface area (Å²) < 4.78 is 0. The molecule has 0 radical (unpaired) electrons. The van der Waals surface area contributed by atoms with Gasteiger partial charge in [-0.15, -0.1) is 0 Å². The van der Waals surface area contributed by atoms with E-state index in [1.807, 2.05) is 42.5 Å². The van der Waals surface area contributed by atoms with E-state index in [0.29, 0.717) is 6.29 Å². The van der Waals surface area contributed by atoms with E-state index in [4.69, 9.17) is 0 Å². The largest absolute Gasteiger partial charge is 0.303 e. The summed E-state index contributed by atoms with van der Waals surface area (Å²) in [5.74, 6) is -0.470. The number of fused-ring (bicyclic) bond motifs is 1. The number of carbonyl (C=O) groups is 3. The van der Waals surface area contributed by atoms with Gasteiger partial charge in [0.1, 0.15) is 17.9 Å². The lowest BCUT2D eigenvalue weighted by atomic mass is 10.0. The van der Waals surface area contributed by atoms with E-state index < -0.39 is 0 Å². The number of benzene rings is 2. The van der Waals surface area contributed by atoms with E-state index in [1.165, 1.54) is 0 Å². The van der Waals surface area contributed by atoms with Gasteiger partial charge in [-0.1, -0.05) is 42.5 Å². The second-order valence-electron chi connectivity index (χ2n) is 4.48. The highest BCUT2D eigenvalue weighted by molar-refractivity contribution is 6.03. The molecule has 3 heteroatoms. The molecule has 0 fully saturated rings. The summed E-state index contributed by atoms with van der Waals surface area (Å²) in [6.07, 6.45) is 0.427. The molecule has 0 saturated heterocycles. The molecule has 0 aliphatic heterocycles. The molecule has 0 saturated carbocycles. The Morgan fingerprint density at radius 2 is 1.68 bits per heavy atom. The standard InChI is InChI=1S/C16H14O3/c17-8-7-15(18)11-16(19)10-12-5-6-13-3-1-2-4-14(13)9-12/h1-6,8-9H,7,10-11H2. The van der Waals surface area contributed by atoms with E-state index in [9.17, 15) is 14.4 Å². The number of hydrogen-bond acceptors (Lipinski definition) is 3. The van der Waals surface area contributed by atoms with Gasteiger partial charge in [0, 0.05) is 6.42 Å². The molecule has 0 aliphatic rings. The van der Waals surface area contributed by atoms with Crippen LogP contribution >= 0.6 is 0 Å². The first-order chi connectivity index (χ1) is 9.19. The van der Waals surface area contributed by atoms with Crippen LogP contribution in [0.15, 0.2) is 42.5 Å². The van der Waals surface area contributed by atoms with Crippen LogP contribution in [0, 0.1) is 0 Å². The van der Waals surface area contributed by atoms with Gasteiger partial charge < -0.3 is 4.79 Å². The lowest BCUT2D eigenvalue weighted by Crippen LogP contribution is -2.10. The smallest absolute Gasteiger partial charge is 0.147 e. The first-order valence-corrected chi connectivity index (χ1v) is 6.14. The van der Waals surface area contributed by atoms with E-state index in [2.05, 4.69) is 0 Å². The summed E-state index contributed by atoms with van der Waals surface area (Å²) in [6, 6.07) is 13.7. The summed E-state index contributed by atoms with van der Waals surface area (Å²) in [6.45, 7) is 0. The molecular formula is C16H14O3. The van der Waals surface area contributed by atoms with Crippen molar-refractivity contribution in [3.63, 3.8) is 0 Å². The Morgan fingerprint density at radius 3 is 2.42 bits per heavy atom. The molecule has 0 spiro atoms. The molecule has 0 unspecified atom stereocenters. The third kappa shape index (κ3) is 3.58. The average Bonchev–Trinajstić information content (AvgIpc) is 2.38. The van der Waals surface area contributed by atoms with Crippen molar-refractivity contribution in [3.05, 3.63) is 48.0 Å². The lowest BCUT2D eigenvalue weighted by Gasteiger charge is -2.03. The van der Waals surface area contributed by atoms with Gasteiger partial charge in [0.2, 0.25) is 0 Å². The van der Waals surface area contributed by atoms with Crippen LogP contribution in [0.1, 0.15) is 18.4 Å². The Labute approximate surface area is 111 Å². The fraction of sp³-hybridized carbons (Fsp3) is 0.188. The zero-order chi connectivity index (χ0) is 13.7. The third-order valence-corrected chi connectivity index (χ3v) is 2.92. The molecule has 0 heterocycles. The van der Waals surface area contributed by atoms with Crippen molar-refractivity contribution in [3.8, 4) is 0 Å². The van der Waals surface area contributed by atoms with Crippen LogP contribution in [0.25, 0.3) is 10.8 Å². The van der Waals surface area contributed by atoms with Gasteiger partial charge in [-0.2, -0.15) is 0 Å². The zero-order valence-electron chi connectivity index (χ0n) is 10.5. The van der Waals surface area contributed by atoms with Crippen molar-refractivity contribution < 1.29 is 14.4 Å². The fourth-order valence-corrected chi connectivity index (χ4v) is 2.02. The number of Topliss-reactive ketones (excluding diaryl/α,β-unsaturated/α-hetero) is 2. The Balaban J connectivity index is 2.06. The van der Waals surface area contributed by atoms with Crippen LogP contribution in [-0.2, 0) is 20.8 Å². The fourth-order valence-electron chi connectivity index (χ4n) is 2.02. The molecule has 19 heavy (non-hydrogen) atoms. The number of aldehydes is 1. The van der Waals surface area contributed by atoms with Crippen LogP contribution < -0.4 is 0 Å². The summed E-state index contributed by atoms with van der Waals surface area (Å²) in [5, 5.41) is 2.20. The highest BCUT2D eigenvalue weighted by Crippen LogP contribution is 2.16. The normalized spacial score (nSPS) is 10.3. The Hall–Kier alpha value is -2.29. The lowest BCUT2D eigenvalue weighted by molar-refractivity contribution is -0.127. The van der Waals surface area contributed by atoms with Crippen LogP contribution in [0.2, 0.25) is 0 Å². The van der Waals surface area contributed by atoms with Crippen LogP contribution in [0.5, 0.6) is 0 Å². The molecular weight excluding hydrogens is 240 g/mol. The topological polar surface area (TPSA) is 51.2 Å². The van der Waals surface area contributed by atoms with Crippen molar-refractivity contribution in [2.75, 3.05) is 0 Å². The first kappa shape index (κ1) is 13.1. The van der Waals surface area contributed by atoms with E-state index >= 15 is 0 Å². The van der Waals surface area contributed by atoms with Gasteiger partial charge in [0.05, 0.1) is 12.8 Å². The van der Waals surface area contributed by atoms with Crippen molar-refractivity contribution in [1.82, 2.24) is 0 Å². The SMILES string of the molecule is O=CCC(=O)CC(=O)Cc1ccc2ccccc2c1. The molecule has 3 nitrogen and oxygen atoms in total. The van der Waals surface area contributed by atoms with Crippen LogP contribution in [0.3, 0.4) is 0 Å². The monoisotopic (exact) mass is 254 g/mol. The number of hydrogen-bond donors (Lipinski definition) is 0. The van der Waals surface area contributed by atoms with Crippen molar-refractivity contribution in [2.45, 2.75) is 19.3 Å². The third-order valence-electron chi connectivity index (χ3n) is 2.92. The van der Waals surface area contributed by atoms with Crippen molar-refractivity contribution in [2.24, 2.45) is 0 Å². The Kier molecular flexibility index (Phi) is 4.18. The number of ketones is 2. The van der Waals surface area contributed by atoms with Crippen molar-refractivity contribution in [1.29, 1.82) is 0 Å². The van der Waals surface area contributed by atoms with E-state index in [0.717, 1.165) is 16.3 Å². The Morgan fingerprint density at radius 1 is 0.947 bits per heavy atom. The van der Waals surface area contributed by atoms with Gasteiger partial charge in [-0.25, -0.2) is 0 Å². The van der Waals surface area contributed by atoms with Gasteiger partial charge in [-0.05, 0) is 16.3 Å². The van der Waals surface area contributed by atoms with Crippen LogP contribution in [0.4, 0.5) is 0 Å². The van der Waals surface area contributed by atoms with Crippen LogP contribution in [-0.4, -0.2) is 17.9 Å². The minimum absolute atomic E-state index is 0.151. The first-order valence-electron chi connectivity index (χ1n) is 6.14. The quantitative estimate of drug-likeness (QED) is 0.588. The summed E-state index contributed by atoms with van der Waals surface area (Å²) >= 11 is 0. The molecule has 2 aromatic rings. The van der Waals surface area contributed by atoms with Gasteiger partial charge in [-0.3, -0.25) is 9.59 Å². The van der Waals surface area contributed by atoms with Crippen molar-refractivity contribution >= 4 is 28.6 Å². The maximum atomic E-state index is 11.7. The average molecular weight is 254 g/mol. The van der Waals surface area contributed by atoms with E-state index in [-0.39, 0.29) is 30.8 Å².